The van der Waals surface area contributed by atoms with Gasteiger partial charge in [-0.15, -0.1) is 0 Å². The summed E-state index contributed by atoms with van der Waals surface area (Å²) in [7, 11) is 0. The highest BCUT2D eigenvalue weighted by atomic mass is 79.9. The second-order valence-corrected chi connectivity index (χ2v) is 28.3. The number of para-hydroxylation sites is 6. The van der Waals surface area contributed by atoms with E-state index in [1.807, 2.05) is 121 Å². The van der Waals surface area contributed by atoms with E-state index in [4.69, 9.17) is 29.9 Å². The lowest BCUT2D eigenvalue weighted by molar-refractivity contribution is 0.607. The van der Waals surface area contributed by atoms with Crippen LogP contribution in [0.15, 0.2) is 332 Å². The SMILES string of the molecule is Brc1ccccc1-n1c2ccccc2c2ccc3c(c4ccccc4n3-c3ccc(-c4nc(-c5ccccc5)nc(-c5ccccc5)n4)cc3)c21.CC1(C)c2ccccc2N2c3c(cccc31)C1C=Cc3c(c4ccccc4n3-c3ccc(-c4nc(-c5ccccc5)nc(-c5ccccc5)n4)cc3)C12. The zero-order chi connectivity index (χ0) is 69.2. The van der Waals surface area contributed by atoms with Gasteiger partial charge >= 0.3 is 0 Å². The topological polar surface area (TPSA) is 95.4 Å². The van der Waals surface area contributed by atoms with Gasteiger partial charge in [-0.2, -0.15) is 0 Å². The predicted octanol–water partition coefficient (Wildman–Crippen LogP) is 23.3. The van der Waals surface area contributed by atoms with Crippen molar-refractivity contribution in [1.29, 1.82) is 0 Å². The Kier molecular flexibility index (Phi) is 14.3. The molecule has 7 heterocycles. The monoisotopic (exact) mass is 1400 g/mol. The number of rotatable bonds is 9. The van der Waals surface area contributed by atoms with Crippen LogP contribution in [0.25, 0.3) is 146 Å². The highest BCUT2D eigenvalue weighted by molar-refractivity contribution is 9.10. The maximum atomic E-state index is 4.98. The van der Waals surface area contributed by atoms with Crippen LogP contribution >= 0.6 is 15.9 Å². The predicted molar refractivity (Wildman–Crippen MR) is 427 cm³/mol. The van der Waals surface area contributed by atoms with Gasteiger partial charge in [0.1, 0.15) is 0 Å². The lowest BCUT2D eigenvalue weighted by atomic mass is 9.73. The molecule has 0 fully saturated rings. The highest BCUT2D eigenvalue weighted by Crippen LogP contribution is 2.64. The van der Waals surface area contributed by atoms with E-state index in [-0.39, 0.29) is 17.4 Å². The average Bonchev–Trinajstić information content (AvgIpc) is 1.47. The third-order valence-electron chi connectivity index (χ3n) is 21.2. The Hall–Kier alpha value is -13.0. The molecule has 11 heteroatoms. The molecule has 3 aliphatic rings. The van der Waals surface area contributed by atoms with E-state index >= 15 is 0 Å². The fourth-order valence-corrected chi connectivity index (χ4v) is 17.0. The van der Waals surface area contributed by atoms with Crippen LogP contribution in [0.4, 0.5) is 11.4 Å². The first-order valence-corrected chi connectivity index (χ1v) is 36.1. The largest absolute Gasteiger partial charge is 0.332 e. The minimum Gasteiger partial charge on any atom is -0.332 e. The molecule has 0 saturated carbocycles. The first kappa shape index (κ1) is 61.0. The molecule has 10 nitrogen and oxygen atoms in total. The normalized spacial score (nSPS) is 14.5. The van der Waals surface area contributed by atoms with E-state index in [0.717, 1.165) is 65.9 Å². The van der Waals surface area contributed by atoms with E-state index in [0.29, 0.717) is 34.9 Å². The van der Waals surface area contributed by atoms with Crippen LogP contribution in [0.1, 0.15) is 53.8 Å². The molecule has 21 rings (SSSR count). The fraction of sp³-hybridized carbons (Fsp3) is 0.0538. The molecular weight excluding hydrogens is 1340 g/mol. The Labute approximate surface area is 609 Å². The number of hydrogen-bond acceptors (Lipinski definition) is 7. The van der Waals surface area contributed by atoms with E-state index in [9.17, 15) is 0 Å². The second-order valence-electron chi connectivity index (χ2n) is 27.4. The van der Waals surface area contributed by atoms with Crippen LogP contribution in [0.2, 0.25) is 0 Å². The van der Waals surface area contributed by atoms with Crippen LogP contribution in [0.3, 0.4) is 0 Å². The Morgan fingerprint density at radius 1 is 0.327 bits per heavy atom. The van der Waals surface area contributed by atoms with Gasteiger partial charge in [-0.05, 0) is 130 Å². The summed E-state index contributed by atoms with van der Waals surface area (Å²) in [5, 5.41) is 6.17. The number of anilines is 2. The molecule has 5 aromatic heterocycles. The molecule has 2 atom stereocenters. The summed E-state index contributed by atoms with van der Waals surface area (Å²) in [6.45, 7) is 4.75. The molecule has 18 aromatic rings. The second kappa shape index (κ2) is 24.4. The molecule has 13 aromatic carbocycles. The number of nitrogens with zero attached hydrogens (tertiary/aromatic N) is 10. The molecule has 0 saturated heterocycles. The van der Waals surface area contributed by atoms with Gasteiger partial charge in [-0.3, -0.25) is 0 Å². The van der Waals surface area contributed by atoms with E-state index in [1.54, 1.807) is 0 Å². The summed E-state index contributed by atoms with van der Waals surface area (Å²) in [4.78, 5) is 32.3. The Bertz CT molecular complexity index is 6340. The van der Waals surface area contributed by atoms with Crippen LogP contribution < -0.4 is 4.90 Å². The number of halogens is 1. The number of benzene rings is 13. The zero-order valence-corrected chi connectivity index (χ0v) is 58.3. The van der Waals surface area contributed by atoms with Gasteiger partial charge in [0, 0.05) is 104 Å². The Morgan fingerprint density at radius 3 is 1.29 bits per heavy atom. The third-order valence-corrected chi connectivity index (χ3v) is 21.9. The van der Waals surface area contributed by atoms with Gasteiger partial charge in [-0.1, -0.05) is 250 Å². The van der Waals surface area contributed by atoms with Crippen LogP contribution in [0, 0.1) is 0 Å². The van der Waals surface area contributed by atoms with Gasteiger partial charge in [0.05, 0.1) is 45.0 Å². The Balaban J connectivity index is 0.000000139. The molecule has 492 valence electrons. The molecule has 0 bridgehead atoms. The first-order valence-electron chi connectivity index (χ1n) is 35.3. The summed E-state index contributed by atoms with van der Waals surface area (Å²) in [6.07, 6.45) is 4.81. The van der Waals surface area contributed by atoms with Gasteiger partial charge in [0.15, 0.2) is 34.9 Å². The minimum absolute atomic E-state index is 0.0868. The molecule has 0 N–H and O–H groups in total. The van der Waals surface area contributed by atoms with Crippen molar-refractivity contribution in [2.75, 3.05) is 4.90 Å². The maximum absolute atomic E-state index is 4.98. The summed E-state index contributed by atoms with van der Waals surface area (Å²) in [6, 6.07) is 113. The first-order chi connectivity index (χ1) is 51.3. The van der Waals surface area contributed by atoms with Crippen LogP contribution in [-0.2, 0) is 5.41 Å². The molecule has 0 radical (unpaired) electrons. The van der Waals surface area contributed by atoms with Crippen LogP contribution in [0.5, 0.6) is 0 Å². The van der Waals surface area contributed by atoms with Gasteiger partial charge in [0.25, 0.3) is 0 Å². The lowest BCUT2D eigenvalue weighted by Crippen LogP contribution is -2.33. The highest BCUT2D eigenvalue weighted by Gasteiger charge is 2.50. The van der Waals surface area contributed by atoms with Crippen molar-refractivity contribution in [2.45, 2.75) is 31.2 Å². The van der Waals surface area contributed by atoms with Crippen molar-refractivity contribution in [2.24, 2.45) is 0 Å². The zero-order valence-electron chi connectivity index (χ0n) is 56.8. The van der Waals surface area contributed by atoms with Crippen molar-refractivity contribution in [3.8, 4) is 85.4 Å². The van der Waals surface area contributed by atoms with E-state index < -0.39 is 0 Å². The number of hydrogen-bond donors (Lipinski definition) is 0. The quantitative estimate of drug-likeness (QED) is 0.142. The van der Waals surface area contributed by atoms with E-state index in [2.05, 4.69) is 261 Å². The van der Waals surface area contributed by atoms with Gasteiger partial charge < -0.3 is 18.6 Å². The summed E-state index contributed by atoms with van der Waals surface area (Å²) < 4.78 is 8.26. The smallest absolute Gasteiger partial charge is 0.164 e. The van der Waals surface area contributed by atoms with Crippen molar-refractivity contribution in [3.63, 3.8) is 0 Å². The molecule has 104 heavy (non-hydrogen) atoms. The summed E-state index contributed by atoms with van der Waals surface area (Å²) in [5.41, 5.74) is 24.3. The number of fused-ring (bicyclic) bond motifs is 16. The lowest BCUT2D eigenvalue weighted by Gasteiger charge is -2.43. The van der Waals surface area contributed by atoms with Gasteiger partial charge in [-0.25, -0.2) is 29.9 Å². The van der Waals surface area contributed by atoms with Crippen molar-refractivity contribution in [3.05, 3.63) is 360 Å². The van der Waals surface area contributed by atoms with Crippen molar-refractivity contribution in [1.82, 2.24) is 43.6 Å². The van der Waals surface area contributed by atoms with Gasteiger partial charge in [0.2, 0.25) is 0 Å². The van der Waals surface area contributed by atoms with Crippen LogP contribution in [-0.4, -0.2) is 43.6 Å². The average molecular weight is 1400 g/mol. The molecule has 2 unspecified atom stereocenters. The standard InChI is InChI=1S/C48H35N5.C45H28BrN5/c1-48(2)37-20-10-12-23-40(37)53-43-34(19-13-21-38(43)48)35-28-29-41-42(44(35)53)36-18-9-11-22-39(36)52(41)33-26-24-32(25-27-33)47-50-45(30-14-5-3-6-15-30)49-46(51-47)31-16-7-4-8-17-31;46-36-19-9-12-22-39(36)51-37-20-10-7-17-33(37)34-27-28-40-41(42(34)51)35-18-8-11-21-38(35)50(40)32-25-23-31(24-26-32)45-48-43(29-13-3-1-4-14-29)47-44(49-45)30-15-5-2-6-16-30/h3-29,35,44H,1-2H3;1-28H. The number of aromatic nitrogens is 9. The molecular formula is C93H63BrN10. The van der Waals surface area contributed by atoms with Crippen molar-refractivity contribution >= 4 is 87.9 Å². The fourth-order valence-electron chi connectivity index (χ4n) is 16.5. The van der Waals surface area contributed by atoms with E-state index in [1.165, 1.54) is 82.8 Å². The summed E-state index contributed by atoms with van der Waals surface area (Å²) >= 11 is 3.87. The Morgan fingerprint density at radius 2 is 0.750 bits per heavy atom. The van der Waals surface area contributed by atoms with Crippen molar-refractivity contribution < 1.29 is 0 Å². The molecule has 0 spiro atoms. The third kappa shape index (κ3) is 9.75. The summed E-state index contributed by atoms with van der Waals surface area (Å²) in [5.74, 6) is 4.15. The molecule has 2 aliphatic heterocycles. The molecule has 1 aliphatic carbocycles. The minimum atomic E-state index is -0.0868. The maximum Gasteiger partial charge on any atom is 0.164 e. The molecule has 0 amide bonds.